The second-order valence-corrected chi connectivity index (χ2v) is 4.48. The quantitative estimate of drug-likeness (QED) is 0.880. The van der Waals surface area contributed by atoms with E-state index in [-0.39, 0.29) is 17.2 Å². The Morgan fingerprint density at radius 2 is 1.95 bits per heavy atom. The monoisotopic (exact) mass is 290 g/mol. The predicted molar refractivity (Wildman–Crippen MR) is 75.5 cm³/mol. The Balaban J connectivity index is 2.19. The van der Waals surface area contributed by atoms with E-state index >= 15 is 0 Å². The molecular weight excluding hydrogens is 275 g/mol. The number of amides is 1. The third-order valence-corrected chi connectivity index (χ3v) is 3.10. The van der Waals surface area contributed by atoms with Crippen molar-refractivity contribution in [1.82, 2.24) is 4.57 Å². The van der Waals surface area contributed by atoms with Crippen molar-refractivity contribution in [2.45, 2.75) is 13.0 Å². The van der Waals surface area contributed by atoms with Crippen LogP contribution in [0.2, 0.25) is 0 Å². The van der Waals surface area contributed by atoms with Crippen molar-refractivity contribution in [3.63, 3.8) is 0 Å². The highest BCUT2D eigenvalue weighted by Gasteiger charge is 2.17. The molecule has 1 aromatic carbocycles. The molecule has 0 aliphatic rings. The highest BCUT2D eigenvalue weighted by molar-refractivity contribution is 5.96. The summed E-state index contributed by atoms with van der Waals surface area (Å²) in [6, 6.07) is 6.75. The molecule has 110 valence electrons. The summed E-state index contributed by atoms with van der Waals surface area (Å²) < 4.78 is 20.0. The van der Waals surface area contributed by atoms with E-state index in [9.17, 15) is 14.0 Å². The van der Waals surface area contributed by atoms with E-state index in [4.69, 9.17) is 0 Å². The van der Waals surface area contributed by atoms with Gasteiger partial charge < -0.3 is 14.6 Å². The first-order valence-corrected chi connectivity index (χ1v) is 6.34. The number of esters is 1. The van der Waals surface area contributed by atoms with Gasteiger partial charge in [-0.25, -0.2) is 9.18 Å². The number of anilines is 1. The maximum absolute atomic E-state index is 13.7. The molecule has 0 fully saturated rings. The van der Waals surface area contributed by atoms with E-state index in [1.54, 1.807) is 36.0 Å². The number of nitrogens with zero attached hydrogens (tertiary/aromatic N) is 1. The highest BCUT2D eigenvalue weighted by atomic mass is 19.1. The Bertz CT molecular complexity index is 653. The number of rotatable bonds is 4. The Hall–Kier alpha value is -2.63. The minimum absolute atomic E-state index is 0.0538. The molecule has 1 heterocycles. The maximum atomic E-state index is 13.7. The molecule has 2 aromatic rings. The van der Waals surface area contributed by atoms with Crippen LogP contribution in [0.3, 0.4) is 0 Å². The van der Waals surface area contributed by atoms with Crippen LogP contribution in [0, 0.1) is 5.82 Å². The summed E-state index contributed by atoms with van der Waals surface area (Å²) in [5.74, 6) is -1.59. The van der Waals surface area contributed by atoms with Gasteiger partial charge in [-0.05, 0) is 37.3 Å². The third kappa shape index (κ3) is 3.28. The summed E-state index contributed by atoms with van der Waals surface area (Å²) in [7, 11) is 1.23. The molecule has 1 N–H and O–H groups in total. The third-order valence-electron chi connectivity index (χ3n) is 3.10. The van der Waals surface area contributed by atoms with Crippen LogP contribution >= 0.6 is 0 Å². The lowest BCUT2D eigenvalue weighted by molar-refractivity contribution is -0.118. The first-order chi connectivity index (χ1) is 10.0. The predicted octanol–water partition coefficient (Wildman–Crippen LogP) is 2.61. The number of benzene rings is 1. The fraction of sp³-hybridized carbons (Fsp3) is 0.200. The van der Waals surface area contributed by atoms with Crippen LogP contribution in [0.5, 0.6) is 0 Å². The van der Waals surface area contributed by atoms with Gasteiger partial charge in [-0.15, -0.1) is 0 Å². The summed E-state index contributed by atoms with van der Waals surface area (Å²) in [6.07, 6.45) is 3.48. The zero-order valence-electron chi connectivity index (χ0n) is 11.7. The SMILES string of the molecule is COC(=O)c1ccc(F)c(NC(=O)[C@H](C)n2cccc2)c1. The minimum Gasteiger partial charge on any atom is -0.465 e. The minimum atomic E-state index is -0.615. The van der Waals surface area contributed by atoms with Gasteiger partial charge in [0.25, 0.3) is 0 Å². The molecule has 0 aliphatic carbocycles. The summed E-state index contributed by atoms with van der Waals surface area (Å²) in [5.41, 5.74) is 0.115. The molecule has 1 atom stereocenters. The molecule has 5 nitrogen and oxygen atoms in total. The van der Waals surface area contributed by atoms with Gasteiger partial charge in [0.15, 0.2) is 0 Å². The van der Waals surface area contributed by atoms with E-state index in [1.807, 2.05) is 0 Å². The molecule has 2 rings (SSSR count). The van der Waals surface area contributed by atoms with Gasteiger partial charge in [-0.3, -0.25) is 4.79 Å². The van der Waals surface area contributed by atoms with E-state index in [0.717, 1.165) is 6.07 Å². The van der Waals surface area contributed by atoms with E-state index < -0.39 is 17.8 Å². The number of carbonyl (C=O) groups excluding carboxylic acids is 2. The molecule has 0 spiro atoms. The van der Waals surface area contributed by atoms with E-state index in [0.29, 0.717) is 0 Å². The maximum Gasteiger partial charge on any atom is 0.337 e. The number of hydrogen-bond donors (Lipinski definition) is 1. The fourth-order valence-corrected chi connectivity index (χ4v) is 1.84. The van der Waals surface area contributed by atoms with Crippen molar-refractivity contribution in [2.75, 3.05) is 12.4 Å². The van der Waals surface area contributed by atoms with Crippen molar-refractivity contribution in [3.05, 3.63) is 54.1 Å². The van der Waals surface area contributed by atoms with Gasteiger partial charge in [0, 0.05) is 12.4 Å². The fourth-order valence-electron chi connectivity index (χ4n) is 1.84. The van der Waals surface area contributed by atoms with Crippen LogP contribution in [-0.2, 0) is 9.53 Å². The van der Waals surface area contributed by atoms with Gasteiger partial charge in [-0.2, -0.15) is 0 Å². The molecule has 0 radical (unpaired) electrons. The van der Waals surface area contributed by atoms with Crippen LogP contribution < -0.4 is 5.32 Å². The second-order valence-electron chi connectivity index (χ2n) is 4.48. The van der Waals surface area contributed by atoms with Crippen molar-refractivity contribution in [2.24, 2.45) is 0 Å². The van der Waals surface area contributed by atoms with Crippen LogP contribution in [0.4, 0.5) is 10.1 Å². The molecule has 1 amide bonds. The highest BCUT2D eigenvalue weighted by Crippen LogP contribution is 2.19. The van der Waals surface area contributed by atoms with Gasteiger partial charge in [-0.1, -0.05) is 0 Å². The van der Waals surface area contributed by atoms with Crippen LogP contribution in [-0.4, -0.2) is 23.6 Å². The number of halogens is 1. The molecule has 1 aromatic heterocycles. The topological polar surface area (TPSA) is 60.3 Å². The molecule has 0 saturated heterocycles. The van der Waals surface area contributed by atoms with Crippen molar-refractivity contribution in [3.8, 4) is 0 Å². The Labute approximate surface area is 121 Å². The first kappa shape index (κ1) is 14.8. The molecule has 0 unspecified atom stereocenters. The van der Waals surface area contributed by atoms with Gasteiger partial charge >= 0.3 is 5.97 Å². The standard InChI is InChI=1S/C15H15FN2O3/c1-10(18-7-3-4-8-18)14(19)17-13-9-11(15(20)21-2)5-6-12(13)16/h3-10H,1-2H3,(H,17,19)/t10-/m0/s1. The Kier molecular flexibility index (Phi) is 4.37. The zero-order valence-corrected chi connectivity index (χ0v) is 11.7. The Morgan fingerprint density at radius 3 is 2.57 bits per heavy atom. The molecule has 0 bridgehead atoms. The second kappa shape index (κ2) is 6.21. The van der Waals surface area contributed by atoms with Crippen LogP contribution in [0.1, 0.15) is 23.3 Å². The summed E-state index contributed by atoms with van der Waals surface area (Å²) in [6.45, 7) is 1.69. The number of aromatic nitrogens is 1. The summed E-state index contributed by atoms with van der Waals surface area (Å²) >= 11 is 0. The number of hydrogen-bond acceptors (Lipinski definition) is 3. The average molecular weight is 290 g/mol. The van der Waals surface area contributed by atoms with Crippen molar-refractivity contribution >= 4 is 17.6 Å². The smallest absolute Gasteiger partial charge is 0.337 e. The molecule has 0 aliphatic heterocycles. The van der Waals surface area contributed by atoms with Gasteiger partial charge in [0.1, 0.15) is 11.9 Å². The lowest BCUT2D eigenvalue weighted by atomic mass is 10.2. The molecular formula is C15H15FN2O3. The Morgan fingerprint density at radius 1 is 1.29 bits per heavy atom. The normalized spacial score (nSPS) is 11.8. The van der Waals surface area contributed by atoms with Crippen molar-refractivity contribution < 1.29 is 18.7 Å². The number of ether oxygens (including phenoxy) is 1. The average Bonchev–Trinajstić information content (AvgIpc) is 3.02. The largest absolute Gasteiger partial charge is 0.465 e. The van der Waals surface area contributed by atoms with E-state index in [2.05, 4.69) is 10.1 Å². The molecule has 6 heteroatoms. The number of nitrogens with one attached hydrogen (secondary N) is 1. The van der Waals surface area contributed by atoms with Crippen molar-refractivity contribution in [1.29, 1.82) is 0 Å². The van der Waals surface area contributed by atoms with E-state index in [1.165, 1.54) is 19.2 Å². The van der Waals surface area contributed by atoms with Gasteiger partial charge in [0.2, 0.25) is 5.91 Å². The van der Waals surface area contributed by atoms with Gasteiger partial charge in [0.05, 0.1) is 18.4 Å². The number of carbonyl (C=O) groups is 2. The lowest BCUT2D eigenvalue weighted by Crippen LogP contribution is -2.23. The molecule has 0 saturated carbocycles. The number of methoxy groups -OCH3 is 1. The van der Waals surface area contributed by atoms with Crippen LogP contribution in [0.15, 0.2) is 42.7 Å². The first-order valence-electron chi connectivity index (χ1n) is 6.34. The summed E-state index contributed by atoms with van der Waals surface area (Å²) in [4.78, 5) is 23.5. The molecule has 21 heavy (non-hydrogen) atoms. The van der Waals surface area contributed by atoms with Crippen LogP contribution in [0.25, 0.3) is 0 Å². The summed E-state index contributed by atoms with van der Waals surface area (Å²) in [5, 5.41) is 2.48. The lowest BCUT2D eigenvalue weighted by Gasteiger charge is -2.14. The zero-order chi connectivity index (χ0) is 15.4.